The van der Waals surface area contributed by atoms with Gasteiger partial charge in [-0.25, -0.2) is 4.98 Å². The molecule has 2 atom stereocenters. The fourth-order valence-corrected chi connectivity index (χ4v) is 1.93. The van der Waals surface area contributed by atoms with Crippen LogP contribution in [0.3, 0.4) is 0 Å². The van der Waals surface area contributed by atoms with Gasteiger partial charge in [0.2, 0.25) is 0 Å². The Hall–Kier alpha value is -1.29. The largest absolute Gasteiger partial charge is 0.379 e. The zero-order valence-electron chi connectivity index (χ0n) is 9.86. The lowest BCUT2D eigenvalue weighted by atomic mass is 10.1. The van der Waals surface area contributed by atoms with Gasteiger partial charge >= 0.3 is 0 Å². The average molecular weight is 221 g/mol. The highest BCUT2D eigenvalue weighted by Gasteiger charge is 2.23. The number of nitrogens with one attached hydrogen (secondary N) is 2. The van der Waals surface area contributed by atoms with Crippen LogP contribution >= 0.6 is 0 Å². The number of hydrogen-bond acceptors (Lipinski definition) is 4. The van der Waals surface area contributed by atoms with Gasteiger partial charge in [0.1, 0.15) is 5.82 Å². The Morgan fingerprint density at radius 3 is 3.12 bits per heavy atom. The van der Waals surface area contributed by atoms with E-state index in [1.54, 1.807) is 0 Å². The van der Waals surface area contributed by atoms with Crippen molar-refractivity contribution in [1.82, 2.24) is 4.98 Å². The molecule has 1 aliphatic heterocycles. The summed E-state index contributed by atoms with van der Waals surface area (Å²) in [4.78, 5) is 4.24. The lowest BCUT2D eigenvalue weighted by molar-refractivity contribution is 0.121. The Bertz CT molecular complexity index is 343. The SMILES string of the molecule is CCNc1cc(NC2CCOC2C)ccn1. The third-order valence-corrected chi connectivity index (χ3v) is 2.85. The Morgan fingerprint density at radius 2 is 2.44 bits per heavy atom. The maximum Gasteiger partial charge on any atom is 0.127 e. The lowest BCUT2D eigenvalue weighted by Crippen LogP contribution is -2.26. The lowest BCUT2D eigenvalue weighted by Gasteiger charge is -2.17. The number of nitrogens with zero attached hydrogens (tertiary/aromatic N) is 1. The van der Waals surface area contributed by atoms with Crippen molar-refractivity contribution in [2.75, 3.05) is 23.8 Å². The summed E-state index contributed by atoms with van der Waals surface area (Å²) < 4.78 is 5.52. The Morgan fingerprint density at radius 1 is 1.56 bits per heavy atom. The molecule has 1 aromatic heterocycles. The molecule has 1 saturated heterocycles. The molecular formula is C12H19N3O. The predicted octanol–water partition coefficient (Wildman–Crippen LogP) is 2.10. The number of rotatable bonds is 4. The highest BCUT2D eigenvalue weighted by molar-refractivity contribution is 5.52. The van der Waals surface area contributed by atoms with E-state index in [9.17, 15) is 0 Å². The van der Waals surface area contributed by atoms with Crippen LogP contribution in [0.4, 0.5) is 11.5 Å². The van der Waals surface area contributed by atoms with E-state index in [2.05, 4.69) is 29.5 Å². The molecule has 2 unspecified atom stereocenters. The molecule has 0 radical (unpaired) electrons. The molecule has 4 nitrogen and oxygen atoms in total. The molecule has 0 saturated carbocycles. The molecule has 2 N–H and O–H groups in total. The smallest absolute Gasteiger partial charge is 0.127 e. The molecule has 2 rings (SSSR count). The van der Waals surface area contributed by atoms with E-state index >= 15 is 0 Å². The Balaban J connectivity index is 2.00. The number of hydrogen-bond donors (Lipinski definition) is 2. The second kappa shape index (κ2) is 5.16. The molecule has 1 aliphatic rings. The zero-order chi connectivity index (χ0) is 11.4. The maximum atomic E-state index is 5.52. The van der Waals surface area contributed by atoms with Gasteiger partial charge in [0.05, 0.1) is 12.1 Å². The summed E-state index contributed by atoms with van der Waals surface area (Å²) in [7, 11) is 0. The topological polar surface area (TPSA) is 46.2 Å². The quantitative estimate of drug-likeness (QED) is 0.817. The molecule has 1 aromatic rings. The average Bonchev–Trinajstić information content (AvgIpc) is 2.66. The first-order valence-corrected chi connectivity index (χ1v) is 5.87. The number of anilines is 2. The minimum Gasteiger partial charge on any atom is -0.379 e. The summed E-state index contributed by atoms with van der Waals surface area (Å²) in [5.74, 6) is 0.916. The first-order valence-electron chi connectivity index (χ1n) is 5.87. The van der Waals surface area contributed by atoms with Crippen molar-refractivity contribution < 1.29 is 4.74 Å². The van der Waals surface area contributed by atoms with E-state index < -0.39 is 0 Å². The van der Waals surface area contributed by atoms with Crippen LogP contribution < -0.4 is 10.6 Å². The monoisotopic (exact) mass is 221 g/mol. The Kier molecular flexibility index (Phi) is 3.62. The van der Waals surface area contributed by atoms with Crippen LogP contribution in [0.15, 0.2) is 18.3 Å². The standard InChI is InChI=1S/C12H19N3O/c1-3-13-12-8-10(4-6-14-12)15-11-5-7-16-9(11)2/h4,6,8-9,11H,3,5,7H2,1-2H3,(H2,13,14,15). The first-order chi connectivity index (χ1) is 7.79. The highest BCUT2D eigenvalue weighted by Crippen LogP contribution is 2.19. The van der Waals surface area contributed by atoms with Crippen molar-refractivity contribution in [3.05, 3.63) is 18.3 Å². The summed E-state index contributed by atoms with van der Waals surface area (Å²) in [5, 5.41) is 6.69. The van der Waals surface area contributed by atoms with Gasteiger partial charge in [-0.15, -0.1) is 0 Å². The van der Waals surface area contributed by atoms with Gasteiger partial charge in [0.25, 0.3) is 0 Å². The predicted molar refractivity (Wildman–Crippen MR) is 65.8 cm³/mol. The van der Waals surface area contributed by atoms with Crippen LogP contribution in [0, 0.1) is 0 Å². The van der Waals surface area contributed by atoms with Gasteiger partial charge in [0, 0.05) is 31.1 Å². The summed E-state index contributed by atoms with van der Waals surface area (Å²) >= 11 is 0. The van der Waals surface area contributed by atoms with Crippen molar-refractivity contribution >= 4 is 11.5 Å². The second-order valence-corrected chi connectivity index (χ2v) is 4.08. The number of ether oxygens (including phenoxy) is 1. The van der Waals surface area contributed by atoms with E-state index in [-0.39, 0.29) is 6.10 Å². The van der Waals surface area contributed by atoms with Gasteiger partial charge in [-0.2, -0.15) is 0 Å². The van der Waals surface area contributed by atoms with E-state index in [0.29, 0.717) is 6.04 Å². The summed E-state index contributed by atoms with van der Waals surface area (Å²) in [6, 6.07) is 4.44. The molecule has 2 heterocycles. The van der Waals surface area contributed by atoms with Crippen molar-refractivity contribution in [3.63, 3.8) is 0 Å². The normalized spacial score (nSPS) is 24.4. The molecule has 88 valence electrons. The third kappa shape index (κ3) is 2.64. The van der Waals surface area contributed by atoms with E-state index in [1.807, 2.05) is 18.3 Å². The van der Waals surface area contributed by atoms with Gasteiger partial charge in [-0.1, -0.05) is 0 Å². The minimum atomic E-state index is 0.288. The summed E-state index contributed by atoms with van der Waals surface area (Å²) in [5.41, 5.74) is 1.10. The maximum absolute atomic E-state index is 5.52. The molecule has 16 heavy (non-hydrogen) atoms. The van der Waals surface area contributed by atoms with Crippen LogP contribution in [0.5, 0.6) is 0 Å². The van der Waals surface area contributed by atoms with Gasteiger partial charge < -0.3 is 15.4 Å². The fraction of sp³-hybridized carbons (Fsp3) is 0.583. The molecular weight excluding hydrogens is 202 g/mol. The number of pyridine rings is 1. The summed E-state index contributed by atoms with van der Waals surface area (Å²) in [6.45, 7) is 5.91. The summed E-state index contributed by atoms with van der Waals surface area (Å²) in [6.07, 6.45) is 3.18. The van der Waals surface area contributed by atoms with Crippen molar-refractivity contribution in [1.29, 1.82) is 0 Å². The van der Waals surface area contributed by atoms with Gasteiger partial charge in [0.15, 0.2) is 0 Å². The molecule has 0 amide bonds. The minimum absolute atomic E-state index is 0.288. The van der Waals surface area contributed by atoms with Crippen LogP contribution in [-0.4, -0.2) is 30.3 Å². The molecule has 0 aromatic carbocycles. The van der Waals surface area contributed by atoms with Gasteiger partial charge in [-0.3, -0.25) is 0 Å². The molecule has 0 bridgehead atoms. The van der Waals surface area contributed by atoms with E-state index in [4.69, 9.17) is 4.74 Å². The number of aromatic nitrogens is 1. The van der Waals surface area contributed by atoms with Crippen LogP contribution in [-0.2, 0) is 4.74 Å². The van der Waals surface area contributed by atoms with E-state index in [1.165, 1.54) is 0 Å². The van der Waals surface area contributed by atoms with Crippen molar-refractivity contribution in [2.24, 2.45) is 0 Å². The second-order valence-electron chi connectivity index (χ2n) is 4.08. The fourth-order valence-electron chi connectivity index (χ4n) is 1.93. The Labute approximate surface area is 96.4 Å². The van der Waals surface area contributed by atoms with Crippen LogP contribution in [0.1, 0.15) is 20.3 Å². The molecule has 4 heteroatoms. The van der Waals surface area contributed by atoms with Gasteiger partial charge in [-0.05, 0) is 26.3 Å². The zero-order valence-corrected chi connectivity index (χ0v) is 9.86. The van der Waals surface area contributed by atoms with Crippen molar-refractivity contribution in [3.8, 4) is 0 Å². The van der Waals surface area contributed by atoms with Crippen molar-refractivity contribution in [2.45, 2.75) is 32.4 Å². The van der Waals surface area contributed by atoms with E-state index in [0.717, 1.165) is 31.1 Å². The molecule has 0 spiro atoms. The van der Waals surface area contributed by atoms with Crippen LogP contribution in [0.25, 0.3) is 0 Å². The third-order valence-electron chi connectivity index (χ3n) is 2.85. The molecule has 0 aliphatic carbocycles. The first kappa shape index (κ1) is 11.2. The highest BCUT2D eigenvalue weighted by atomic mass is 16.5. The van der Waals surface area contributed by atoms with Crippen LogP contribution in [0.2, 0.25) is 0 Å². The molecule has 1 fully saturated rings.